The van der Waals surface area contributed by atoms with Gasteiger partial charge in [0.2, 0.25) is 5.91 Å². The summed E-state index contributed by atoms with van der Waals surface area (Å²) in [5.74, 6) is 1.08. The molecule has 0 radical (unpaired) electrons. The second-order valence-electron chi connectivity index (χ2n) is 7.02. The first-order chi connectivity index (χ1) is 15.1. The number of aromatic nitrogens is 1. The van der Waals surface area contributed by atoms with Crippen LogP contribution in [-0.2, 0) is 11.3 Å². The molecule has 0 fully saturated rings. The number of nitrogens with one attached hydrogen (secondary N) is 1. The third-order valence-electron chi connectivity index (χ3n) is 4.86. The normalized spacial score (nSPS) is 10.9. The molecule has 4 rings (SSSR count). The fraction of sp³-hybridized carbons (Fsp3) is 0.160. The molecule has 4 aromatic rings. The number of anilines is 1. The molecule has 158 valence electrons. The second-order valence-corrected chi connectivity index (χ2v) is 8.45. The van der Waals surface area contributed by atoms with Gasteiger partial charge in [-0.1, -0.05) is 48.0 Å². The zero-order chi connectivity index (χ0) is 21.6. The molecule has 1 N–H and O–H groups in total. The number of amides is 1. The maximum Gasteiger partial charge on any atom is 0.234 e. The number of thioether (sulfide) groups is 1. The van der Waals surface area contributed by atoms with Crippen molar-refractivity contribution in [2.24, 2.45) is 0 Å². The Labute approximate surface area is 191 Å². The zero-order valence-electron chi connectivity index (χ0n) is 17.2. The Hall–Kier alpha value is -2.89. The minimum Gasteiger partial charge on any atom is -0.494 e. The van der Waals surface area contributed by atoms with E-state index >= 15 is 0 Å². The van der Waals surface area contributed by atoms with E-state index in [2.05, 4.69) is 28.2 Å². The molecule has 0 aliphatic heterocycles. The average Bonchev–Trinajstić information content (AvgIpc) is 3.13. The molecule has 0 aliphatic rings. The van der Waals surface area contributed by atoms with Gasteiger partial charge in [-0.05, 0) is 48.9 Å². The van der Waals surface area contributed by atoms with Crippen molar-refractivity contribution in [3.63, 3.8) is 0 Å². The van der Waals surface area contributed by atoms with Gasteiger partial charge < -0.3 is 14.6 Å². The van der Waals surface area contributed by atoms with E-state index in [0.717, 1.165) is 37.8 Å². The van der Waals surface area contributed by atoms with Gasteiger partial charge in [-0.3, -0.25) is 4.79 Å². The van der Waals surface area contributed by atoms with Crippen LogP contribution < -0.4 is 10.1 Å². The van der Waals surface area contributed by atoms with Crippen LogP contribution in [-0.4, -0.2) is 22.8 Å². The Bertz CT molecular complexity index is 1190. The van der Waals surface area contributed by atoms with Gasteiger partial charge >= 0.3 is 0 Å². The number of nitrogens with zero attached hydrogens (tertiary/aromatic N) is 1. The highest BCUT2D eigenvalue weighted by molar-refractivity contribution is 8.00. The average molecular weight is 451 g/mol. The van der Waals surface area contributed by atoms with Crippen LogP contribution in [0, 0.1) is 0 Å². The molecule has 0 saturated carbocycles. The molecule has 1 amide bonds. The molecular formula is C25H23ClN2O2S. The molecule has 1 aromatic heterocycles. The van der Waals surface area contributed by atoms with Crippen molar-refractivity contribution in [3.8, 4) is 5.75 Å². The predicted octanol–water partition coefficient (Wildman–Crippen LogP) is 6.47. The first-order valence-electron chi connectivity index (χ1n) is 10.1. The third-order valence-corrected chi connectivity index (χ3v) is 6.27. The molecule has 0 unspecified atom stereocenters. The Morgan fingerprint density at radius 1 is 1.03 bits per heavy atom. The molecule has 0 atom stereocenters. The van der Waals surface area contributed by atoms with Gasteiger partial charge in [-0.15, -0.1) is 11.8 Å². The number of carbonyl (C=O) groups is 1. The minimum atomic E-state index is -0.0444. The minimum absolute atomic E-state index is 0.0444. The summed E-state index contributed by atoms with van der Waals surface area (Å²) in [6.07, 6.45) is 2.10. The van der Waals surface area contributed by atoms with Crippen molar-refractivity contribution in [2.45, 2.75) is 18.4 Å². The number of carbonyl (C=O) groups excluding carboxylic acids is 1. The molecule has 1 heterocycles. The lowest BCUT2D eigenvalue weighted by Crippen LogP contribution is -2.13. The van der Waals surface area contributed by atoms with E-state index in [4.69, 9.17) is 16.3 Å². The van der Waals surface area contributed by atoms with Crippen molar-refractivity contribution in [1.29, 1.82) is 0 Å². The van der Waals surface area contributed by atoms with Crippen LogP contribution in [0.3, 0.4) is 0 Å². The van der Waals surface area contributed by atoms with Gasteiger partial charge in [0, 0.05) is 39.3 Å². The monoisotopic (exact) mass is 450 g/mol. The smallest absolute Gasteiger partial charge is 0.234 e. The summed E-state index contributed by atoms with van der Waals surface area (Å²) in [4.78, 5) is 13.6. The molecule has 0 spiro atoms. The first-order valence-corrected chi connectivity index (χ1v) is 11.5. The van der Waals surface area contributed by atoms with Crippen LogP contribution in [0.4, 0.5) is 5.69 Å². The number of para-hydroxylation sites is 1. The van der Waals surface area contributed by atoms with Gasteiger partial charge in [0.1, 0.15) is 5.75 Å². The van der Waals surface area contributed by atoms with Crippen LogP contribution in [0.25, 0.3) is 10.9 Å². The molecule has 4 nitrogen and oxygen atoms in total. The summed E-state index contributed by atoms with van der Waals surface area (Å²) in [5, 5.41) is 4.83. The molecule has 0 aliphatic carbocycles. The van der Waals surface area contributed by atoms with Crippen molar-refractivity contribution >= 4 is 45.9 Å². The fourth-order valence-corrected chi connectivity index (χ4v) is 4.49. The van der Waals surface area contributed by atoms with E-state index in [9.17, 15) is 4.79 Å². The van der Waals surface area contributed by atoms with E-state index in [-0.39, 0.29) is 5.91 Å². The van der Waals surface area contributed by atoms with Crippen molar-refractivity contribution in [2.75, 3.05) is 17.7 Å². The summed E-state index contributed by atoms with van der Waals surface area (Å²) in [6.45, 7) is 3.24. The maximum atomic E-state index is 12.5. The fourth-order valence-electron chi connectivity index (χ4n) is 3.41. The van der Waals surface area contributed by atoms with E-state index in [1.54, 1.807) is 0 Å². The summed E-state index contributed by atoms with van der Waals surface area (Å²) >= 11 is 7.89. The Balaban J connectivity index is 1.46. The highest BCUT2D eigenvalue weighted by atomic mass is 35.5. The van der Waals surface area contributed by atoms with E-state index in [1.165, 1.54) is 11.8 Å². The Kier molecular flexibility index (Phi) is 6.85. The molecular weight excluding hydrogens is 428 g/mol. The van der Waals surface area contributed by atoms with Crippen molar-refractivity contribution < 1.29 is 9.53 Å². The van der Waals surface area contributed by atoms with Crippen molar-refractivity contribution in [3.05, 3.63) is 89.6 Å². The van der Waals surface area contributed by atoms with Gasteiger partial charge in [-0.2, -0.15) is 0 Å². The van der Waals surface area contributed by atoms with Crippen LogP contribution in [0.1, 0.15) is 12.5 Å². The molecule has 0 saturated heterocycles. The van der Waals surface area contributed by atoms with Crippen LogP contribution in [0.2, 0.25) is 5.02 Å². The molecule has 6 heteroatoms. The largest absolute Gasteiger partial charge is 0.494 e. The number of hydrogen-bond acceptors (Lipinski definition) is 3. The van der Waals surface area contributed by atoms with Gasteiger partial charge in [0.15, 0.2) is 0 Å². The number of rotatable bonds is 8. The van der Waals surface area contributed by atoms with Crippen LogP contribution in [0.5, 0.6) is 5.75 Å². The van der Waals surface area contributed by atoms with E-state index < -0.39 is 0 Å². The number of halogens is 1. The lowest BCUT2D eigenvalue weighted by molar-refractivity contribution is -0.113. The first kappa shape index (κ1) is 21.3. The van der Waals surface area contributed by atoms with Gasteiger partial charge in [-0.25, -0.2) is 0 Å². The second kappa shape index (κ2) is 9.94. The number of hydrogen-bond donors (Lipinski definition) is 1. The SMILES string of the molecule is CCOc1ccc(NC(=O)CSc2cn(Cc3ccccc3Cl)c3ccccc23)cc1. The summed E-state index contributed by atoms with van der Waals surface area (Å²) in [5.41, 5.74) is 2.95. The standard InChI is InChI=1S/C25H23ClN2O2S/c1-2-30-20-13-11-19(12-14-20)27-25(29)17-31-24-16-28(23-10-6-4-8-21(23)24)15-18-7-3-5-9-22(18)26/h3-14,16H,2,15,17H2,1H3,(H,27,29). The van der Waals surface area contributed by atoms with E-state index in [1.807, 2.05) is 67.6 Å². The quantitative estimate of drug-likeness (QED) is 0.313. The molecule has 3 aromatic carbocycles. The molecule has 0 bridgehead atoms. The lowest BCUT2D eigenvalue weighted by atomic mass is 10.2. The number of benzene rings is 3. The summed E-state index contributed by atoms with van der Waals surface area (Å²) in [7, 11) is 0. The summed E-state index contributed by atoms with van der Waals surface area (Å²) in [6, 6.07) is 23.5. The maximum absolute atomic E-state index is 12.5. The topological polar surface area (TPSA) is 43.3 Å². The Morgan fingerprint density at radius 3 is 2.55 bits per heavy atom. The zero-order valence-corrected chi connectivity index (χ0v) is 18.7. The third kappa shape index (κ3) is 5.24. The van der Waals surface area contributed by atoms with Crippen LogP contribution >= 0.6 is 23.4 Å². The highest BCUT2D eigenvalue weighted by Crippen LogP contribution is 2.31. The van der Waals surface area contributed by atoms with Gasteiger partial charge in [0.05, 0.1) is 12.4 Å². The molecule has 31 heavy (non-hydrogen) atoms. The lowest BCUT2D eigenvalue weighted by Gasteiger charge is -2.07. The predicted molar refractivity (Wildman–Crippen MR) is 129 cm³/mol. The van der Waals surface area contributed by atoms with E-state index in [0.29, 0.717) is 18.9 Å². The summed E-state index contributed by atoms with van der Waals surface area (Å²) < 4.78 is 7.62. The Morgan fingerprint density at radius 2 is 1.77 bits per heavy atom. The number of fused-ring (bicyclic) bond motifs is 1. The van der Waals surface area contributed by atoms with Gasteiger partial charge in [0.25, 0.3) is 0 Å². The number of ether oxygens (including phenoxy) is 1. The highest BCUT2D eigenvalue weighted by Gasteiger charge is 2.12. The van der Waals surface area contributed by atoms with Crippen molar-refractivity contribution in [1.82, 2.24) is 4.57 Å². The van der Waals surface area contributed by atoms with Crippen LogP contribution in [0.15, 0.2) is 83.9 Å².